The van der Waals surface area contributed by atoms with Crippen molar-refractivity contribution in [1.82, 2.24) is 15.5 Å². The molecular weight excluding hydrogens is 312 g/mol. The van der Waals surface area contributed by atoms with Gasteiger partial charge in [-0.15, -0.1) is 0 Å². The zero-order valence-electron chi connectivity index (χ0n) is 15.1. The molecule has 0 aromatic rings. The predicted molar refractivity (Wildman–Crippen MR) is 90.0 cm³/mol. The van der Waals surface area contributed by atoms with Crippen molar-refractivity contribution in [3.8, 4) is 6.07 Å². The standard InChI is InChI=1S/C16H30N4O4/c1-5-7-10-18-15(21)23-13(3)20(12-9-17)14(4)24-16(22)19-11-8-6-2/h13-14H,5-8,10-12H2,1-4H3,(H,18,21)(H,19,22). The van der Waals surface area contributed by atoms with Crippen LogP contribution in [-0.4, -0.2) is 49.2 Å². The molecule has 0 aliphatic carbocycles. The van der Waals surface area contributed by atoms with Crippen LogP contribution < -0.4 is 10.6 Å². The first kappa shape index (κ1) is 22.0. The number of amides is 2. The Morgan fingerprint density at radius 2 is 1.42 bits per heavy atom. The van der Waals surface area contributed by atoms with E-state index in [9.17, 15) is 9.59 Å². The lowest BCUT2D eigenvalue weighted by molar-refractivity contribution is -0.0844. The lowest BCUT2D eigenvalue weighted by Crippen LogP contribution is -2.47. The second-order valence-corrected chi connectivity index (χ2v) is 5.40. The molecule has 0 spiro atoms. The van der Waals surface area contributed by atoms with Crippen molar-refractivity contribution in [2.45, 2.75) is 65.8 Å². The average Bonchev–Trinajstić information content (AvgIpc) is 2.52. The maximum absolute atomic E-state index is 11.7. The zero-order chi connectivity index (χ0) is 18.4. The monoisotopic (exact) mass is 342 g/mol. The molecule has 2 N–H and O–H groups in total. The van der Waals surface area contributed by atoms with Crippen molar-refractivity contribution in [3.63, 3.8) is 0 Å². The first-order valence-electron chi connectivity index (χ1n) is 8.47. The highest BCUT2D eigenvalue weighted by Gasteiger charge is 2.25. The minimum absolute atomic E-state index is 0.0349. The van der Waals surface area contributed by atoms with E-state index in [1.807, 2.05) is 19.9 Å². The summed E-state index contributed by atoms with van der Waals surface area (Å²) in [6.07, 6.45) is 1.14. The molecule has 0 rings (SSSR count). The van der Waals surface area contributed by atoms with Gasteiger partial charge >= 0.3 is 12.2 Å². The Labute approximate surface area is 144 Å². The Kier molecular flexibility index (Phi) is 12.3. The molecule has 0 saturated carbocycles. The highest BCUT2D eigenvalue weighted by Crippen LogP contribution is 2.09. The van der Waals surface area contributed by atoms with Gasteiger partial charge < -0.3 is 20.1 Å². The molecule has 0 radical (unpaired) electrons. The van der Waals surface area contributed by atoms with Crippen LogP contribution in [0.1, 0.15) is 53.4 Å². The second kappa shape index (κ2) is 13.4. The van der Waals surface area contributed by atoms with Crippen molar-refractivity contribution in [1.29, 1.82) is 5.26 Å². The van der Waals surface area contributed by atoms with Crippen LogP contribution in [0, 0.1) is 11.3 Å². The van der Waals surface area contributed by atoms with Gasteiger partial charge in [0.15, 0.2) is 12.5 Å². The number of nitrogens with zero attached hydrogens (tertiary/aromatic N) is 2. The van der Waals surface area contributed by atoms with E-state index in [2.05, 4.69) is 10.6 Å². The van der Waals surface area contributed by atoms with E-state index in [1.165, 1.54) is 4.90 Å². The number of alkyl carbamates (subject to hydrolysis) is 2. The molecule has 2 unspecified atom stereocenters. The first-order chi connectivity index (χ1) is 11.5. The van der Waals surface area contributed by atoms with Crippen molar-refractivity contribution >= 4 is 12.2 Å². The van der Waals surface area contributed by atoms with Gasteiger partial charge in [0.05, 0.1) is 12.6 Å². The Bertz CT molecular complexity index is 381. The molecule has 2 amide bonds. The van der Waals surface area contributed by atoms with Gasteiger partial charge in [0, 0.05) is 13.1 Å². The van der Waals surface area contributed by atoms with Crippen LogP contribution in [0.15, 0.2) is 0 Å². The topological polar surface area (TPSA) is 104 Å². The molecule has 0 aliphatic rings. The van der Waals surface area contributed by atoms with Crippen molar-refractivity contribution < 1.29 is 19.1 Å². The lowest BCUT2D eigenvalue weighted by Gasteiger charge is -2.31. The zero-order valence-corrected chi connectivity index (χ0v) is 15.1. The Balaban J connectivity index is 4.45. The van der Waals surface area contributed by atoms with Gasteiger partial charge in [0.1, 0.15) is 0 Å². The fourth-order valence-electron chi connectivity index (χ4n) is 1.90. The van der Waals surface area contributed by atoms with Crippen LogP contribution in [0.4, 0.5) is 9.59 Å². The number of rotatable bonds is 11. The summed E-state index contributed by atoms with van der Waals surface area (Å²) >= 11 is 0. The summed E-state index contributed by atoms with van der Waals surface area (Å²) in [6, 6.07) is 1.98. The van der Waals surface area contributed by atoms with E-state index in [1.54, 1.807) is 13.8 Å². The SMILES string of the molecule is CCCCNC(=O)OC(C)N(CC#N)C(C)OC(=O)NCCCC. The first-order valence-corrected chi connectivity index (χ1v) is 8.47. The number of hydrogen-bond acceptors (Lipinski definition) is 6. The molecule has 24 heavy (non-hydrogen) atoms. The van der Waals surface area contributed by atoms with E-state index >= 15 is 0 Å². The third-order valence-electron chi connectivity index (χ3n) is 3.34. The Morgan fingerprint density at radius 1 is 1.00 bits per heavy atom. The molecule has 0 fully saturated rings. The molecule has 2 atom stereocenters. The molecule has 0 bridgehead atoms. The van der Waals surface area contributed by atoms with E-state index in [0.717, 1.165) is 25.7 Å². The number of hydrogen-bond donors (Lipinski definition) is 2. The summed E-state index contributed by atoms with van der Waals surface area (Å²) in [5, 5.41) is 14.2. The Hall–Kier alpha value is -2.01. The summed E-state index contributed by atoms with van der Waals surface area (Å²) in [5.74, 6) is 0. The third kappa shape index (κ3) is 9.90. The van der Waals surface area contributed by atoms with E-state index in [-0.39, 0.29) is 6.54 Å². The number of nitrogens with one attached hydrogen (secondary N) is 2. The lowest BCUT2D eigenvalue weighted by atomic mass is 10.3. The van der Waals surface area contributed by atoms with Gasteiger partial charge in [-0.25, -0.2) is 14.5 Å². The highest BCUT2D eigenvalue weighted by molar-refractivity contribution is 5.67. The molecule has 0 aromatic heterocycles. The van der Waals surface area contributed by atoms with Crippen LogP contribution in [0.5, 0.6) is 0 Å². The van der Waals surface area contributed by atoms with E-state index < -0.39 is 24.6 Å². The minimum atomic E-state index is -0.704. The van der Waals surface area contributed by atoms with Crippen molar-refractivity contribution in [2.75, 3.05) is 19.6 Å². The molecule has 8 nitrogen and oxygen atoms in total. The molecule has 8 heteroatoms. The largest absolute Gasteiger partial charge is 0.430 e. The van der Waals surface area contributed by atoms with Gasteiger partial charge in [-0.2, -0.15) is 5.26 Å². The highest BCUT2D eigenvalue weighted by atomic mass is 16.6. The number of nitriles is 1. The number of ether oxygens (including phenoxy) is 2. The fourth-order valence-corrected chi connectivity index (χ4v) is 1.90. The average molecular weight is 342 g/mol. The summed E-state index contributed by atoms with van der Waals surface area (Å²) < 4.78 is 10.5. The van der Waals surface area contributed by atoms with Crippen LogP contribution in [0.3, 0.4) is 0 Å². The molecular formula is C16H30N4O4. The van der Waals surface area contributed by atoms with E-state index in [4.69, 9.17) is 14.7 Å². The van der Waals surface area contributed by atoms with Crippen LogP contribution >= 0.6 is 0 Å². The van der Waals surface area contributed by atoms with Crippen LogP contribution in [0.25, 0.3) is 0 Å². The summed E-state index contributed by atoms with van der Waals surface area (Å²) in [5.41, 5.74) is 0. The quantitative estimate of drug-likeness (QED) is 0.340. The maximum Gasteiger partial charge on any atom is 0.408 e. The molecule has 0 heterocycles. The van der Waals surface area contributed by atoms with Crippen LogP contribution in [0.2, 0.25) is 0 Å². The maximum atomic E-state index is 11.7. The normalized spacial score (nSPS) is 12.8. The summed E-state index contributed by atoms with van der Waals surface area (Å²) in [7, 11) is 0. The number of carbonyl (C=O) groups is 2. The second-order valence-electron chi connectivity index (χ2n) is 5.40. The molecule has 0 saturated heterocycles. The fraction of sp³-hybridized carbons (Fsp3) is 0.812. The van der Waals surface area contributed by atoms with E-state index in [0.29, 0.717) is 13.1 Å². The van der Waals surface area contributed by atoms with Gasteiger partial charge in [-0.05, 0) is 26.7 Å². The summed E-state index contributed by atoms with van der Waals surface area (Å²) in [6.45, 7) is 8.34. The smallest absolute Gasteiger partial charge is 0.408 e. The van der Waals surface area contributed by atoms with Gasteiger partial charge in [0.25, 0.3) is 0 Å². The van der Waals surface area contributed by atoms with Crippen LogP contribution in [-0.2, 0) is 9.47 Å². The molecule has 0 aliphatic heterocycles. The Morgan fingerprint density at radius 3 is 1.75 bits per heavy atom. The van der Waals surface area contributed by atoms with Crippen molar-refractivity contribution in [2.24, 2.45) is 0 Å². The van der Waals surface area contributed by atoms with Gasteiger partial charge in [-0.3, -0.25) is 0 Å². The van der Waals surface area contributed by atoms with Gasteiger partial charge in [-0.1, -0.05) is 26.7 Å². The molecule has 0 aromatic carbocycles. The van der Waals surface area contributed by atoms with Gasteiger partial charge in [0.2, 0.25) is 0 Å². The molecule has 138 valence electrons. The summed E-state index contributed by atoms with van der Waals surface area (Å²) in [4.78, 5) is 24.9. The number of unbranched alkanes of at least 4 members (excludes halogenated alkanes) is 2. The third-order valence-corrected chi connectivity index (χ3v) is 3.34. The minimum Gasteiger partial charge on any atom is -0.430 e. The van der Waals surface area contributed by atoms with Crippen molar-refractivity contribution in [3.05, 3.63) is 0 Å². The predicted octanol–water partition coefficient (Wildman–Crippen LogP) is 2.56. The number of carbonyl (C=O) groups excluding carboxylic acids is 2.